The van der Waals surface area contributed by atoms with Crippen LogP contribution in [0.1, 0.15) is 12.8 Å². The van der Waals surface area contributed by atoms with E-state index >= 15 is 0 Å². The lowest BCUT2D eigenvalue weighted by Gasteiger charge is -2.13. The van der Waals surface area contributed by atoms with Gasteiger partial charge in [-0.2, -0.15) is 0 Å². The van der Waals surface area contributed by atoms with Crippen molar-refractivity contribution in [2.75, 3.05) is 6.61 Å². The van der Waals surface area contributed by atoms with Gasteiger partial charge in [0.25, 0.3) is 0 Å². The normalized spacial score (nSPS) is 11.5. The molecule has 1 rings (SSSR count). The predicted molar refractivity (Wildman–Crippen MR) is 69.9 cm³/mol. The third-order valence-corrected chi connectivity index (χ3v) is 2.43. The lowest BCUT2D eigenvalue weighted by atomic mass is 10.2. The Hall–Kier alpha value is -2.64. The van der Waals surface area contributed by atoms with E-state index in [-0.39, 0.29) is 18.8 Å². The van der Waals surface area contributed by atoms with Crippen molar-refractivity contribution in [2.45, 2.75) is 18.9 Å². The number of carbonyl (C=O) groups is 3. The first-order chi connectivity index (χ1) is 9.88. The molecule has 0 unspecified atom stereocenters. The Labute approximate surface area is 119 Å². The van der Waals surface area contributed by atoms with Crippen LogP contribution in [0.15, 0.2) is 24.3 Å². The van der Waals surface area contributed by atoms with Crippen LogP contribution in [0.4, 0.5) is 4.39 Å². The molecule has 0 spiro atoms. The number of ether oxygens (including phenoxy) is 1. The number of rotatable bonds is 8. The summed E-state index contributed by atoms with van der Waals surface area (Å²) in [6.07, 6.45) is -0.634. The zero-order valence-corrected chi connectivity index (χ0v) is 11.0. The van der Waals surface area contributed by atoms with Crippen molar-refractivity contribution in [3.63, 3.8) is 0 Å². The average Bonchev–Trinajstić information content (AvgIpc) is 2.37. The maximum absolute atomic E-state index is 12.9. The van der Waals surface area contributed by atoms with Crippen LogP contribution in [0.25, 0.3) is 0 Å². The molecule has 21 heavy (non-hydrogen) atoms. The molecule has 0 radical (unpaired) electrons. The Balaban J connectivity index is 2.39. The van der Waals surface area contributed by atoms with Gasteiger partial charge in [-0.05, 0) is 12.1 Å². The molecular formula is C13H15FN2O5. The van der Waals surface area contributed by atoms with Crippen LogP contribution in [0.5, 0.6) is 5.75 Å². The molecule has 0 bridgehead atoms. The van der Waals surface area contributed by atoms with Gasteiger partial charge in [0, 0.05) is 6.07 Å². The van der Waals surface area contributed by atoms with Crippen LogP contribution in [-0.4, -0.2) is 35.5 Å². The molecule has 7 nitrogen and oxygen atoms in total. The maximum Gasteiger partial charge on any atom is 0.326 e. The first-order valence-electron chi connectivity index (χ1n) is 6.07. The number of aliphatic carboxylic acids is 1. The quantitative estimate of drug-likeness (QED) is 0.626. The van der Waals surface area contributed by atoms with Crippen LogP contribution in [0.3, 0.4) is 0 Å². The Bertz CT molecular complexity index is 535. The van der Waals surface area contributed by atoms with Gasteiger partial charge >= 0.3 is 5.97 Å². The number of amides is 2. The second kappa shape index (κ2) is 7.83. The van der Waals surface area contributed by atoms with Gasteiger partial charge in [0.1, 0.15) is 17.6 Å². The number of nitrogens with two attached hydrogens (primary N) is 1. The molecule has 1 atom stereocenters. The second-order valence-corrected chi connectivity index (χ2v) is 4.18. The lowest BCUT2D eigenvalue weighted by Crippen LogP contribution is -2.43. The maximum atomic E-state index is 12.9. The smallest absolute Gasteiger partial charge is 0.326 e. The van der Waals surface area contributed by atoms with Gasteiger partial charge in [-0.1, -0.05) is 6.07 Å². The highest BCUT2D eigenvalue weighted by atomic mass is 19.1. The van der Waals surface area contributed by atoms with Gasteiger partial charge in [-0.3, -0.25) is 9.59 Å². The topological polar surface area (TPSA) is 119 Å². The van der Waals surface area contributed by atoms with Gasteiger partial charge in [0.05, 0.1) is 19.4 Å². The number of nitrogens with one attached hydrogen (secondary N) is 1. The van der Waals surface area contributed by atoms with Gasteiger partial charge in [0.2, 0.25) is 11.8 Å². The molecule has 0 aliphatic rings. The summed E-state index contributed by atoms with van der Waals surface area (Å²) in [5, 5.41) is 11.0. The lowest BCUT2D eigenvalue weighted by molar-refractivity contribution is -0.143. The minimum absolute atomic E-state index is 0.0573. The van der Waals surface area contributed by atoms with Gasteiger partial charge in [-0.15, -0.1) is 0 Å². The monoisotopic (exact) mass is 298 g/mol. The number of benzene rings is 1. The summed E-state index contributed by atoms with van der Waals surface area (Å²) in [5.41, 5.74) is 4.88. The van der Waals surface area contributed by atoms with E-state index in [4.69, 9.17) is 15.6 Å². The summed E-state index contributed by atoms with van der Waals surface area (Å²) in [6.45, 7) is -0.0573. The molecule has 0 fully saturated rings. The van der Waals surface area contributed by atoms with Gasteiger partial charge < -0.3 is 20.9 Å². The molecule has 1 aromatic carbocycles. The molecule has 0 saturated carbocycles. The Morgan fingerprint density at radius 3 is 2.67 bits per heavy atom. The highest BCUT2D eigenvalue weighted by Crippen LogP contribution is 2.11. The zero-order chi connectivity index (χ0) is 15.8. The Morgan fingerprint density at radius 2 is 2.10 bits per heavy atom. The van der Waals surface area contributed by atoms with Crippen molar-refractivity contribution >= 4 is 17.8 Å². The van der Waals surface area contributed by atoms with Crippen molar-refractivity contribution < 1.29 is 28.6 Å². The summed E-state index contributed by atoms with van der Waals surface area (Å²) in [4.78, 5) is 33.0. The van der Waals surface area contributed by atoms with Crippen molar-refractivity contribution in [3.8, 4) is 5.75 Å². The molecule has 1 aromatic rings. The molecule has 0 aliphatic heterocycles. The van der Waals surface area contributed by atoms with Crippen LogP contribution < -0.4 is 15.8 Å². The van der Waals surface area contributed by atoms with E-state index in [1.165, 1.54) is 18.2 Å². The predicted octanol–water partition coefficient (Wildman–Crippen LogP) is 0.0394. The fraction of sp³-hybridized carbons (Fsp3) is 0.308. The first-order valence-corrected chi connectivity index (χ1v) is 6.07. The number of hydrogen-bond acceptors (Lipinski definition) is 4. The number of primary amides is 1. The SMILES string of the molecule is NC(=O)C[C@@H](NC(=O)CCOc1cccc(F)c1)C(=O)O. The average molecular weight is 298 g/mol. The number of carboxylic acids is 1. The summed E-state index contributed by atoms with van der Waals surface area (Å²) in [6, 6.07) is 4.02. The summed E-state index contributed by atoms with van der Waals surface area (Å²) in [7, 11) is 0. The molecule has 0 aromatic heterocycles. The molecule has 0 saturated heterocycles. The fourth-order valence-corrected chi connectivity index (χ4v) is 1.49. The van der Waals surface area contributed by atoms with Crippen LogP contribution >= 0.6 is 0 Å². The standard InChI is InChI=1S/C13H15FN2O5/c14-8-2-1-3-9(6-8)21-5-4-12(18)16-10(13(19)20)7-11(15)17/h1-3,6,10H,4-5,7H2,(H2,15,17)(H,16,18)(H,19,20)/t10-/m1/s1. The van der Waals surface area contributed by atoms with Crippen LogP contribution in [0, 0.1) is 5.82 Å². The van der Waals surface area contributed by atoms with Crippen molar-refractivity contribution in [1.82, 2.24) is 5.32 Å². The Kier molecular flexibility index (Phi) is 6.12. The van der Waals surface area contributed by atoms with E-state index < -0.39 is 36.1 Å². The minimum Gasteiger partial charge on any atom is -0.493 e. The number of carboxylic acid groups (broad SMARTS) is 1. The molecule has 8 heteroatoms. The van der Waals surface area contributed by atoms with Crippen LogP contribution in [0.2, 0.25) is 0 Å². The summed E-state index contributed by atoms with van der Waals surface area (Å²) in [5.74, 6) is -3.01. The third kappa shape index (κ3) is 6.37. The molecule has 114 valence electrons. The molecule has 0 heterocycles. The fourth-order valence-electron chi connectivity index (χ4n) is 1.49. The summed E-state index contributed by atoms with van der Waals surface area (Å²) >= 11 is 0. The Morgan fingerprint density at radius 1 is 1.38 bits per heavy atom. The largest absolute Gasteiger partial charge is 0.493 e. The van der Waals surface area contributed by atoms with Crippen molar-refractivity contribution in [2.24, 2.45) is 5.73 Å². The van der Waals surface area contributed by atoms with E-state index in [9.17, 15) is 18.8 Å². The van der Waals surface area contributed by atoms with Gasteiger partial charge in [-0.25, -0.2) is 9.18 Å². The number of carbonyl (C=O) groups excluding carboxylic acids is 2. The highest BCUT2D eigenvalue weighted by Gasteiger charge is 2.21. The molecule has 2 amide bonds. The van der Waals surface area contributed by atoms with E-state index in [1.54, 1.807) is 0 Å². The highest BCUT2D eigenvalue weighted by molar-refractivity contribution is 5.88. The first kappa shape index (κ1) is 16.4. The molecular weight excluding hydrogens is 283 g/mol. The van der Waals surface area contributed by atoms with E-state index in [1.807, 2.05) is 0 Å². The molecule has 4 N–H and O–H groups in total. The van der Waals surface area contributed by atoms with E-state index in [0.29, 0.717) is 0 Å². The van der Waals surface area contributed by atoms with Gasteiger partial charge in [0.15, 0.2) is 0 Å². The van der Waals surface area contributed by atoms with Crippen molar-refractivity contribution in [3.05, 3.63) is 30.1 Å². The van der Waals surface area contributed by atoms with E-state index in [0.717, 1.165) is 6.07 Å². The van der Waals surface area contributed by atoms with Crippen molar-refractivity contribution in [1.29, 1.82) is 0 Å². The number of hydrogen-bond donors (Lipinski definition) is 3. The second-order valence-electron chi connectivity index (χ2n) is 4.18. The summed E-state index contributed by atoms with van der Waals surface area (Å²) < 4.78 is 18.0. The van der Waals surface area contributed by atoms with E-state index in [2.05, 4.69) is 5.32 Å². The van der Waals surface area contributed by atoms with Crippen LogP contribution in [-0.2, 0) is 14.4 Å². The minimum atomic E-state index is -1.37. The zero-order valence-electron chi connectivity index (χ0n) is 11.0. The number of halogens is 1. The molecule has 0 aliphatic carbocycles. The third-order valence-electron chi connectivity index (χ3n) is 2.43.